The number of nitrogen functional groups attached to an aromatic ring is 1. The van der Waals surface area contributed by atoms with Crippen molar-refractivity contribution < 1.29 is 22.3 Å². The van der Waals surface area contributed by atoms with Crippen molar-refractivity contribution in [3.63, 3.8) is 0 Å². The molecule has 7 nitrogen and oxygen atoms in total. The lowest BCUT2D eigenvalue weighted by molar-refractivity contribution is -0.393. The molecule has 0 aliphatic heterocycles. The first-order chi connectivity index (χ1) is 11.3. The van der Waals surface area contributed by atoms with Crippen LogP contribution in [0.2, 0.25) is 0 Å². The number of rotatable bonds is 2. The summed E-state index contributed by atoms with van der Waals surface area (Å²) in [7, 11) is -2.93. The van der Waals surface area contributed by atoms with Crippen molar-refractivity contribution in [1.29, 1.82) is 0 Å². The molecule has 24 heavy (non-hydrogen) atoms. The molecule has 4 N–H and O–H groups in total. The zero-order valence-electron chi connectivity index (χ0n) is 12.9. The molecule has 124 valence electrons. The first kappa shape index (κ1) is 16.2. The lowest BCUT2D eigenvalue weighted by atomic mass is 9.93. The monoisotopic (exact) mass is 346 g/mol. The maximum Gasteiger partial charge on any atom is 0.435 e. The van der Waals surface area contributed by atoms with Crippen molar-refractivity contribution in [2.45, 2.75) is 11.3 Å². The van der Waals surface area contributed by atoms with Gasteiger partial charge in [0.25, 0.3) is 10.1 Å². The Morgan fingerprint density at radius 2 is 2.08 bits per heavy atom. The molecule has 1 aliphatic rings. The first-order valence-electron chi connectivity index (χ1n) is 7.15. The number of H-pyrrole nitrogens is 1. The fourth-order valence-electron chi connectivity index (χ4n) is 2.76. The number of nitrogens with zero attached hydrogens (tertiary/aromatic N) is 1. The number of aromatic nitrogens is 1. The number of fused-ring (bicyclic) bond motifs is 1. The van der Waals surface area contributed by atoms with Gasteiger partial charge in [-0.15, -0.1) is 0 Å². The third-order valence-corrected chi connectivity index (χ3v) is 4.83. The summed E-state index contributed by atoms with van der Waals surface area (Å²) >= 11 is 0. The Hall–Kier alpha value is -2.71. The molecular formula is C16H16N3O4S+. The summed E-state index contributed by atoms with van der Waals surface area (Å²) < 4.78 is 34.4. The van der Waals surface area contributed by atoms with E-state index in [0.29, 0.717) is 29.1 Å². The minimum atomic E-state index is -4.46. The van der Waals surface area contributed by atoms with Gasteiger partial charge in [-0.2, -0.15) is 13.0 Å². The van der Waals surface area contributed by atoms with Crippen LogP contribution in [0.4, 0.5) is 5.69 Å². The van der Waals surface area contributed by atoms with Gasteiger partial charge in [0, 0.05) is 18.0 Å². The number of hydrogen-bond donors (Lipinski definition) is 3. The largest absolute Gasteiger partial charge is 0.435 e. The van der Waals surface area contributed by atoms with Gasteiger partial charge < -0.3 is 10.7 Å². The summed E-state index contributed by atoms with van der Waals surface area (Å²) in [6.45, 7) is 0. The number of anilines is 1. The van der Waals surface area contributed by atoms with Crippen molar-refractivity contribution >= 4 is 27.4 Å². The number of carbonyl (C=O) groups is 1. The average Bonchev–Trinajstić information content (AvgIpc) is 3.06. The van der Waals surface area contributed by atoms with Crippen LogP contribution in [0, 0.1) is 0 Å². The molecule has 0 radical (unpaired) electrons. The number of nitrogens with one attached hydrogen (secondary N) is 1. The van der Waals surface area contributed by atoms with Gasteiger partial charge in [0.2, 0.25) is 5.71 Å². The Kier molecular flexibility index (Phi) is 3.86. The van der Waals surface area contributed by atoms with Crippen LogP contribution >= 0.6 is 0 Å². The van der Waals surface area contributed by atoms with Crippen molar-refractivity contribution in [2.24, 2.45) is 0 Å². The number of hydrogen-bond acceptors (Lipinski definition) is 4. The lowest BCUT2D eigenvalue weighted by Crippen LogP contribution is -2.28. The highest BCUT2D eigenvalue weighted by Gasteiger charge is 2.31. The standard InChI is InChI=1S/C16H15N3O4S/c1-19(16(20)12-5-3-9-18-12)13-6-2-4-10-11(17)7-8-14(15(10)13)24(21,22)23/h2-3,5-9H,4,17H2,1H3,(H-,18,20,21,22,23)/p+1. The van der Waals surface area contributed by atoms with Crippen LogP contribution < -0.4 is 5.73 Å². The first-order valence-corrected chi connectivity index (χ1v) is 8.59. The highest BCUT2D eigenvalue weighted by Crippen LogP contribution is 2.29. The summed E-state index contributed by atoms with van der Waals surface area (Å²) in [4.78, 5) is 15.1. The van der Waals surface area contributed by atoms with Gasteiger partial charge in [0.15, 0.2) is 5.69 Å². The summed E-state index contributed by atoms with van der Waals surface area (Å²) in [6, 6.07) is 6.00. The summed E-state index contributed by atoms with van der Waals surface area (Å²) in [5.74, 6) is -0.337. The molecule has 2 aromatic rings. The molecule has 0 saturated heterocycles. The zero-order chi connectivity index (χ0) is 17.5. The number of nitrogens with two attached hydrogens (primary N) is 1. The second kappa shape index (κ2) is 5.73. The Morgan fingerprint density at radius 3 is 2.71 bits per heavy atom. The third-order valence-electron chi connectivity index (χ3n) is 3.94. The number of benzene rings is 1. The Labute approximate surface area is 138 Å². The van der Waals surface area contributed by atoms with Gasteiger partial charge in [-0.25, -0.2) is 4.79 Å². The van der Waals surface area contributed by atoms with Crippen molar-refractivity contribution in [1.82, 2.24) is 4.98 Å². The molecule has 0 bridgehead atoms. The van der Waals surface area contributed by atoms with Gasteiger partial charge in [0.1, 0.15) is 11.9 Å². The maximum atomic E-state index is 12.6. The Morgan fingerprint density at radius 1 is 1.33 bits per heavy atom. The van der Waals surface area contributed by atoms with E-state index in [4.69, 9.17) is 5.73 Å². The predicted octanol–water partition coefficient (Wildman–Crippen LogP) is 1.23. The predicted molar refractivity (Wildman–Crippen MR) is 88.9 cm³/mol. The zero-order valence-corrected chi connectivity index (χ0v) is 13.7. The number of amides is 1. The van der Waals surface area contributed by atoms with Gasteiger partial charge in [-0.1, -0.05) is 6.08 Å². The molecule has 0 spiro atoms. The van der Waals surface area contributed by atoms with E-state index in [2.05, 4.69) is 4.98 Å². The average molecular weight is 346 g/mol. The van der Waals surface area contributed by atoms with Crippen LogP contribution in [-0.2, 0) is 16.5 Å². The smallest absolute Gasteiger partial charge is 0.398 e. The second-order valence-electron chi connectivity index (χ2n) is 5.42. The molecule has 1 amide bonds. The van der Waals surface area contributed by atoms with Crippen LogP contribution in [-0.4, -0.2) is 41.2 Å². The summed E-state index contributed by atoms with van der Waals surface area (Å²) in [5.41, 5.74) is 7.89. The summed E-state index contributed by atoms with van der Waals surface area (Å²) in [6.07, 6.45) is 5.48. The quantitative estimate of drug-likeness (QED) is 0.430. The van der Waals surface area contributed by atoms with Crippen molar-refractivity contribution in [2.75, 3.05) is 12.8 Å². The van der Waals surface area contributed by atoms with E-state index < -0.39 is 10.1 Å². The van der Waals surface area contributed by atoms with Crippen molar-refractivity contribution in [3.8, 4) is 0 Å². The summed E-state index contributed by atoms with van der Waals surface area (Å²) in [5, 5.41) is 0. The second-order valence-corrected chi connectivity index (χ2v) is 6.81. The molecule has 0 unspecified atom stereocenters. The van der Waals surface area contributed by atoms with E-state index in [1.165, 1.54) is 23.8 Å². The molecule has 1 aromatic heterocycles. The van der Waals surface area contributed by atoms with Crippen LogP contribution in [0.15, 0.2) is 47.5 Å². The van der Waals surface area contributed by atoms with E-state index in [0.717, 1.165) is 0 Å². The van der Waals surface area contributed by atoms with Crippen LogP contribution in [0.5, 0.6) is 0 Å². The fourth-order valence-corrected chi connectivity index (χ4v) is 3.49. The van der Waals surface area contributed by atoms with Crippen LogP contribution in [0.25, 0.3) is 0 Å². The molecule has 1 aromatic carbocycles. The van der Waals surface area contributed by atoms with Crippen LogP contribution in [0.1, 0.15) is 21.6 Å². The SMILES string of the molecule is C[N+](C(=O)c1ccc[nH]1)=C1C=CCc2c(N)ccc(S(=O)(=O)O)c21. The topological polar surface area (TPSA) is 116 Å². The molecule has 3 rings (SSSR count). The molecule has 0 fully saturated rings. The normalized spacial score (nSPS) is 15.9. The molecule has 0 saturated carbocycles. The van der Waals surface area contributed by atoms with Gasteiger partial charge in [-0.05, 0) is 36.2 Å². The van der Waals surface area contributed by atoms with E-state index >= 15 is 0 Å². The minimum Gasteiger partial charge on any atom is -0.398 e. The molecule has 8 heteroatoms. The fraction of sp³-hybridized carbons (Fsp3) is 0.125. The van der Waals surface area contributed by atoms with Gasteiger partial charge >= 0.3 is 5.91 Å². The molecular weight excluding hydrogens is 330 g/mol. The number of allylic oxidation sites excluding steroid dienone is 2. The highest BCUT2D eigenvalue weighted by atomic mass is 32.2. The van der Waals surface area contributed by atoms with Gasteiger partial charge in [-0.3, -0.25) is 4.55 Å². The van der Waals surface area contributed by atoms with E-state index in [1.807, 2.05) is 0 Å². The molecule has 1 aliphatic carbocycles. The highest BCUT2D eigenvalue weighted by molar-refractivity contribution is 7.86. The Bertz CT molecular complexity index is 987. The third kappa shape index (κ3) is 2.66. The van der Waals surface area contributed by atoms with E-state index in [-0.39, 0.29) is 16.4 Å². The number of aromatic amines is 1. The van der Waals surface area contributed by atoms with Crippen LogP contribution in [0.3, 0.4) is 0 Å². The maximum absolute atomic E-state index is 12.6. The molecule has 1 heterocycles. The van der Waals surface area contributed by atoms with E-state index in [9.17, 15) is 17.8 Å². The van der Waals surface area contributed by atoms with Gasteiger partial charge in [0.05, 0.1) is 5.56 Å². The number of carbonyl (C=O) groups excluding carboxylic acids is 1. The lowest BCUT2D eigenvalue weighted by Gasteiger charge is -2.16. The molecule has 0 atom stereocenters. The van der Waals surface area contributed by atoms with Crippen molar-refractivity contribution in [3.05, 3.63) is 59.4 Å². The minimum absolute atomic E-state index is 0.252. The Balaban J connectivity index is 2.29. The van der Waals surface area contributed by atoms with E-state index in [1.54, 1.807) is 30.5 Å².